The molecule has 0 aromatic rings. The fraction of sp³-hybridized carbons (Fsp3) is 1.00. The second kappa shape index (κ2) is 5.17. The molecule has 0 aliphatic carbocycles. The Balaban J connectivity index is 4.42. The molecule has 0 N–H and O–H groups in total. The molecule has 80 valence electrons. The molecule has 0 rings (SSSR count). The van der Waals surface area contributed by atoms with Gasteiger partial charge in [0.2, 0.25) is 0 Å². The number of halogens is 2. The molecule has 0 heterocycles. The zero-order valence-corrected chi connectivity index (χ0v) is 8.89. The Morgan fingerprint density at radius 2 is 1.46 bits per heavy atom. The molecule has 0 aromatic heterocycles. The minimum absolute atomic E-state index is 0.142. The molecular weight excluding hydrogens is 228 g/mol. The topological polar surface area (TPSA) is 61.8 Å². The molecular formula is C4H10F2O5P2. The summed E-state index contributed by atoms with van der Waals surface area (Å²) in [6.45, 7) is 2.54. The van der Waals surface area contributed by atoms with E-state index in [9.17, 15) is 17.5 Å². The monoisotopic (exact) mass is 238 g/mol. The van der Waals surface area contributed by atoms with Crippen LogP contribution in [0.2, 0.25) is 0 Å². The maximum Gasteiger partial charge on any atom is 0.560 e. The molecule has 0 saturated heterocycles. The number of phosphoric ester groups is 1. The van der Waals surface area contributed by atoms with Crippen LogP contribution in [0.15, 0.2) is 0 Å². The molecule has 13 heavy (non-hydrogen) atoms. The lowest BCUT2D eigenvalue weighted by molar-refractivity contribution is 0.161. The summed E-state index contributed by atoms with van der Waals surface area (Å²) >= 11 is 0. The van der Waals surface area contributed by atoms with Gasteiger partial charge in [-0.3, -0.25) is 9.05 Å². The molecule has 0 aliphatic rings. The highest BCUT2D eigenvalue weighted by Gasteiger charge is 2.38. The van der Waals surface area contributed by atoms with Gasteiger partial charge in [-0.25, -0.2) is 9.13 Å². The third kappa shape index (κ3) is 6.29. The second-order valence-electron chi connectivity index (χ2n) is 1.78. The lowest BCUT2D eigenvalue weighted by Crippen LogP contribution is -1.96. The molecule has 0 bridgehead atoms. The van der Waals surface area contributed by atoms with E-state index in [0.717, 1.165) is 0 Å². The van der Waals surface area contributed by atoms with E-state index >= 15 is 0 Å². The Hall–Kier alpha value is 0.200. The first-order chi connectivity index (χ1) is 5.83. The predicted molar refractivity (Wildman–Crippen MR) is 41.8 cm³/mol. The zero-order valence-electron chi connectivity index (χ0n) is 7.11. The third-order valence-corrected chi connectivity index (χ3v) is 3.48. The lowest BCUT2D eigenvalue weighted by atomic mass is 10.9. The van der Waals surface area contributed by atoms with Crippen molar-refractivity contribution in [3.05, 3.63) is 0 Å². The Kier molecular flexibility index (Phi) is 5.25. The van der Waals surface area contributed by atoms with Gasteiger partial charge in [-0.05, 0) is 13.8 Å². The van der Waals surface area contributed by atoms with Gasteiger partial charge in [-0.15, -0.1) is 8.39 Å². The van der Waals surface area contributed by atoms with Gasteiger partial charge < -0.3 is 0 Å². The molecule has 9 heteroatoms. The molecule has 0 radical (unpaired) electrons. The molecule has 0 atom stereocenters. The summed E-state index contributed by atoms with van der Waals surface area (Å²) in [4.78, 5) is 0. The van der Waals surface area contributed by atoms with Crippen LogP contribution < -0.4 is 0 Å². The molecule has 0 amide bonds. The zero-order chi connectivity index (χ0) is 10.5. The van der Waals surface area contributed by atoms with Crippen molar-refractivity contribution in [2.75, 3.05) is 13.2 Å². The van der Waals surface area contributed by atoms with Crippen LogP contribution in [0.1, 0.15) is 13.8 Å². The maximum absolute atomic E-state index is 11.9. The van der Waals surface area contributed by atoms with E-state index in [1.165, 1.54) is 13.8 Å². The largest absolute Gasteiger partial charge is 0.560 e. The van der Waals surface area contributed by atoms with Crippen molar-refractivity contribution in [2.45, 2.75) is 13.8 Å². The molecule has 0 aromatic carbocycles. The summed E-state index contributed by atoms with van der Waals surface area (Å²) in [5, 5.41) is 0. The first kappa shape index (κ1) is 13.2. The number of hydrogen-bond acceptors (Lipinski definition) is 5. The van der Waals surface area contributed by atoms with Crippen molar-refractivity contribution in [3.8, 4) is 0 Å². The van der Waals surface area contributed by atoms with Crippen molar-refractivity contribution < 1.29 is 30.9 Å². The van der Waals surface area contributed by atoms with E-state index in [1.54, 1.807) is 0 Å². The van der Waals surface area contributed by atoms with Gasteiger partial charge in [0.25, 0.3) is 0 Å². The Bertz CT molecular complexity index is 229. The highest BCUT2D eigenvalue weighted by atomic mass is 31.3. The van der Waals surface area contributed by atoms with Gasteiger partial charge in [0.05, 0.1) is 13.2 Å². The maximum atomic E-state index is 11.9. The fourth-order valence-corrected chi connectivity index (χ4v) is 2.53. The SMILES string of the molecule is CCOP(=O)(OCC)OP(=O)(F)F. The highest BCUT2D eigenvalue weighted by molar-refractivity contribution is 7.61. The summed E-state index contributed by atoms with van der Waals surface area (Å²) in [5.41, 5.74) is 0. The van der Waals surface area contributed by atoms with E-state index in [4.69, 9.17) is 0 Å². The van der Waals surface area contributed by atoms with Gasteiger partial charge in [-0.2, -0.15) is 4.31 Å². The van der Waals surface area contributed by atoms with Crippen molar-refractivity contribution in [2.24, 2.45) is 0 Å². The van der Waals surface area contributed by atoms with E-state index in [1.807, 2.05) is 0 Å². The van der Waals surface area contributed by atoms with Gasteiger partial charge in [0, 0.05) is 0 Å². The van der Waals surface area contributed by atoms with E-state index in [-0.39, 0.29) is 13.2 Å². The molecule has 0 saturated carbocycles. The summed E-state index contributed by atoms with van der Waals surface area (Å²) in [7, 11) is -10.2. The molecule has 5 nitrogen and oxygen atoms in total. The Morgan fingerprint density at radius 3 is 1.69 bits per heavy atom. The van der Waals surface area contributed by atoms with Crippen LogP contribution in [-0.2, 0) is 22.5 Å². The summed E-state index contributed by atoms with van der Waals surface area (Å²) in [5.74, 6) is 0. The summed E-state index contributed by atoms with van der Waals surface area (Å²) < 4.78 is 56.8. The molecule has 0 fully saturated rings. The van der Waals surface area contributed by atoms with E-state index < -0.39 is 15.8 Å². The normalized spacial score (nSPS) is 13.2. The van der Waals surface area contributed by atoms with E-state index in [0.29, 0.717) is 0 Å². The third-order valence-electron chi connectivity index (χ3n) is 0.769. The van der Waals surface area contributed by atoms with Crippen LogP contribution in [0.25, 0.3) is 0 Å². The summed E-state index contributed by atoms with van der Waals surface area (Å²) in [6, 6.07) is 0. The van der Waals surface area contributed by atoms with E-state index in [2.05, 4.69) is 13.4 Å². The quantitative estimate of drug-likeness (QED) is 0.664. The average molecular weight is 238 g/mol. The van der Waals surface area contributed by atoms with Crippen LogP contribution in [0.4, 0.5) is 8.39 Å². The first-order valence-corrected chi connectivity index (χ1v) is 6.29. The number of hydrogen-bond donors (Lipinski definition) is 0. The van der Waals surface area contributed by atoms with Crippen LogP contribution in [0, 0.1) is 0 Å². The van der Waals surface area contributed by atoms with Gasteiger partial charge in [0.1, 0.15) is 0 Å². The molecule has 0 unspecified atom stereocenters. The van der Waals surface area contributed by atoms with Crippen LogP contribution in [-0.4, -0.2) is 13.2 Å². The van der Waals surface area contributed by atoms with Gasteiger partial charge >= 0.3 is 15.8 Å². The second-order valence-corrected chi connectivity index (χ2v) is 4.67. The smallest absolute Gasteiger partial charge is 0.287 e. The Labute approximate surface area is 74.7 Å². The van der Waals surface area contributed by atoms with Crippen LogP contribution in [0.5, 0.6) is 0 Å². The average Bonchev–Trinajstić information content (AvgIpc) is 1.82. The van der Waals surface area contributed by atoms with Crippen molar-refractivity contribution in [1.82, 2.24) is 0 Å². The van der Waals surface area contributed by atoms with Crippen molar-refractivity contribution in [1.29, 1.82) is 0 Å². The molecule has 0 aliphatic heterocycles. The minimum Gasteiger partial charge on any atom is -0.287 e. The lowest BCUT2D eigenvalue weighted by Gasteiger charge is -2.14. The standard InChI is InChI=1S/C4H10F2O5P2/c1-3-9-13(8,10-4-2)11-12(5,6)7/h3-4H2,1-2H3. The predicted octanol–water partition coefficient (Wildman–Crippen LogP) is 3.23. The van der Waals surface area contributed by atoms with Crippen molar-refractivity contribution >= 4 is 15.8 Å². The number of phosphoric acid groups is 1. The fourth-order valence-electron chi connectivity index (χ4n) is 0.517. The van der Waals surface area contributed by atoms with Crippen molar-refractivity contribution in [3.63, 3.8) is 0 Å². The van der Waals surface area contributed by atoms with Crippen LogP contribution in [0.3, 0.4) is 0 Å². The van der Waals surface area contributed by atoms with Gasteiger partial charge in [0.15, 0.2) is 0 Å². The minimum atomic E-state index is -5.86. The van der Waals surface area contributed by atoms with Gasteiger partial charge in [-0.1, -0.05) is 0 Å². The number of rotatable bonds is 6. The highest BCUT2D eigenvalue weighted by Crippen LogP contribution is 2.66. The first-order valence-electron chi connectivity index (χ1n) is 3.43. The van der Waals surface area contributed by atoms with Crippen LogP contribution >= 0.6 is 15.8 Å². The summed E-state index contributed by atoms with van der Waals surface area (Å²) in [6.07, 6.45) is 0. The Morgan fingerprint density at radius 1 is 1.08 bits per heavy atom. The molecule has 0 spiro atoms.